The van der Waals surface area contributed by atoms with Gasteiger partial charge in [0, 0.05) is 54.7 Å². The quantitative estimate of drug-likeness (QED) is 0.167. The Morgan fingerprint density at radius 2 is 0.873 bits per heavy atom. The fourth-order valence-electron chi connectivity index (χ4n) is 9.38. The monoisotopic (exact) mass is 806 g/mol. The molecular weight excluding hydrogens is 773 g/mol. The molecule has 4 heterocycles. The van der Waals surface area contributed by atoms with Crippen molar-refractivity contribution in [3.8, 4) is 62.1 Å². The summed E-state index contributed by atoms with van der Waals surface area (Å²) in [5.74, 6) is 1.75. The van der Waals surface area contributed by atoms with Gasteiger partial charge in [0.1, 0.15) is 22.3 Å². The van der Waals surface area contributed by atoms with Gasteiger partial charge in [-0.1, -0.05) is 146 Å². The lowest BCUT2D eigenvalue weighted by atomic mass is 9.96. The van der Waals surface area contributed by atoms with Crippen molar-refractivity contribution < 1.29 is 8.83 Å². The molecule has 0 amide bonds. The van der Waals surface area contributed by atoms with Crippen LogP contribution in [-0.2, 0) is 0 Å². The van der Waals surface area contributed by atoms with Crippen LogP contribution in [0.5, 0.6) is 0 Å². The number of hydrogen-bond donors (Lipinski definition) is 0. The highest BCUT2D eigenvalue weighted by atomic mass is 16.3. The molecule has 63 heavy (non-hydrogen) atoms. The van der Waals surface area contributed by atoms with Gasteiger partial charge >= 0.3 is 0 Å². The van der Waals surface area contributed by atoms with Crippen LogP contribution < -0.4 is 0 Å². The van der Waals surface area contributed by atoms with Crippen molar-refractivity contribution in [3.63, 3.8) is 0 Å². The van der Waals surface area contributed by atoms with Gasteiger partial charge in [-0.25, -0.2) is 15.0 Å². The zero-order valence-electron chi connectivity index (χ0n) is 33.7. The van der Waals surface area contributed by atoms with Crippen molar-refractivity contribution in [1.29, 1.82) is 0 Å². The van der Waals surface area contributed by atoms with Crippen LogP contribution in [0, 0.1) is 0 Å². The molecular formula is C57H34N4O2. The van der Waals surface area contributed by atoms with Crippen LogP contribution in [0.15, 0.2) is 215 Å². The van der Waals surface area contributed by atoms with E-state index in [0.29, 0.717) is 17.5 Å². The number of hydrogen-bond acceptors (Lipinski definition) is 5. The van der Waals surface area contributed by atoms with E-state index in [0.717, 1.165) is 99.5 Å². The van der Waals surface area contributed by atoms with E-state index in [2.05, 4.69) is 156 Å². The molecule has 13 aromatic rings. The molecule has 0 saturated heterocycles. The molecule has 0 radical (unpaired) electrons. The third kappa shape index (κ3) is 5.69. The standard InChI is InChI=1S/C57H34N4O2/c1-3-14-35(15-4-1)37-28-30-44-52(34-37)63-50-26-12-22-41(53(44)50)38-29-31-49-46(33-38)54-45(23-13-27-51(54)62-49)57-59-55(36-16-5-2-6-17-36)58-56(60-57)39-18-11-19-40(32-39)61-47-24-9-7-20-42(47)43-21-8-10-25-48(43)61/h1-34H. The third-order valence-corrected chi connectivity index (χ3v) is 12.3. The van der Waals surface area contributed by atoms with E-state index in [1.54, 1.807) is 0 Å². The lowest BCUT2D eigenvalue weighted by Gasteiger charge is -2.12. The first-order valence-corrected chi connectivity index (χ1v) is 21.1. The second-order valence-corrected chi connectivity index (χ2v) is 15.9. The van der Waals surface area contributed by atoms with E-state index in [4.69, 9.17) is 23.8 Å². The van der Waals surface area contributed by atoms with Gasteiger partial charge in [0.2, 0.25) is 0 Å². The zero-order chi connectivity index (χ0) is 41.4. The van der Waals surface area contributed by atoms with Gasteiger partial charge in [0.15, 0.2) is 17.5 Å². The van der Waals surface area contributed by atoms with Gasteiger partial charge in [0.05, 0.1) is 11.0 Å². The Kier molecular flexibility index (Phi) is 7.80. The smallest absolute Gasteiger partial charge is 0.164 e. The topological polar surface area (TPSA) is 69.9 Å². The Morgan fingerprint density at radius 3 is 1.62 bits per heavy atom. The van der Waals surface area contributed by atoms with E-state index < -0.39 is 0 Å². The molecule has 0 saturated carbocycles. The Balaban J connectivity index is 0.980. The minimum absolute atomic E-state index is 0.567. The number of para-hydroxylation sites is 2. The van der Waals surface area contributed by atoms with E-state index in [1.807, 2.05) is 54.6 Å². The third-order valence-electron chi connectivity index (χ3n) is 12.3. The van der Waals surface area contributed by atoms with Crippen molar-refractivity contribution in [2.75, 3.05) is 0 Å². The van der Waals surface area contributed by atoms with Gasteiger partial charge in [-0.05, 0) is 82.9 Å². The molecule has 6 heteroatoms. The molecule has 0 aliphatic carbocycles. The maximum atomic E-state index is 6.57. The molecule has 4 aromatic heterocycles. The van der Waals surface area contributed by atoms with Crippen molar-refractivity contribution >= 4 is 65.7 Å². The molecule has 0 bridgehead atoms. The van der Waals surface area contributed by atoms with Crippen LogP contribution in [0.4, 0.5) is 0 Å². The Hall–Kier alpha value is -8.61. The van der Waals surface area contributed by atoms with Crippen LogP contribution in [0.25, 0.3) is 128 Å². The van der Waals surface area contributed by atoms with Gasteiger partial charge in [-0.2, -0.15) is 0 Å². The molecule has 0 aliphatic heterocycles. The predicted octanol–water partition coefficient (Wildman–Crippen LogP) is 15.1. The van der Waals surface area contributed by atoms with Crippen molar-refractivity contribution in [3.05, 3.63) is 206 Å². The van der Waals surface area contributed by atoms with Gasteiger partial charge in [-0.3, -0.25) is 0 Å². The summed E-state index contributed by atoms with van der Waals surface area (Å²) in [5.41, 5.74) is 13.6. The highest BCUT2D eigenvalue weighted by Gasteiger charge is 2.21. The summed E-state index contributed by atoms with van der Waals surface area (Å²) in [7, 11) is 0. The highest BCUT2D eigenvalue weighted by Crippen LogP contribution is 2.42. The number of nitrogens with zero attached hydrogens (tertiary/aromatic N) is 4. The average Bonchev–Trinajstić information content (AvgIpc) is 4.03. The van der Waals surface area contributed by atoms with Crippen molar-refractivity contribution in [1.82, 2.24) is 19.5 Å². The van der Waals surface area contributed by atoms with Gasteiger partial charge < -0.3 is 13.4 Å². The van der Waals surface area contributed by atoms with E-state index >= 15 is 0 Å². The lowest BCUT2D eigenvalue weighted by Crippen LogP contribution is -2.01. The van der Waals surface area contributed by atoms with E-state index in [9.17, 15) is 0 Å². The number of furan rings is 2. The molecule has 9 aromatic carbocycles. The maximum Gasteiger partial charge on any atom is 0.164 e. The maximum absolute atomic E-state index is 6.57. The molecule has 0 atom stereocenters. The summed E-state index contributed by atoms with van der Waals surface area (Å²) in [6.07, 6.45) is 0. The molecule has 0 spiro atoms. The molecule has 0 fully saturated rings. The molecule has 0 N–H and O–H groups in total. The number of aromatic nitrogens is 4. The molecule has 0 unspecified atom stereocenters. The van der Waals surface area contributed by atoms with Crippen LogP contribution >= 0.6 is 0 Å². The van der Waals surface area contributed by atoms with E-state index in [1.165, 1.54) is 10.8 Å². The first-order chi connectivity index (χ1) is 31.2. The largest absolute Gasteiger partial charge is 0.456 e. The molecule has 13 rings (SSSR count). The second kappa shape index (κ2) is 14.0. The molecule has 6 nitrogen and oxygen atoms in total. The fourth-order valence-corrected chi connectivity index (χ4v) is 9.38. The van der Waals surface area contributed by atoms with Gasteiger partial charge in [-0.15, -0.1) is 0 Å². The fraction of sp³-hybridized carbons (Fsp3) is 0. The van der Waals surface area contributed by atoms with Crippen LogP contribution in [0.1, 0.15) is 0 Å². The Morgan fingerprint density at radius 1 is 0.302 bits per heavy atom. The number of rotatable bonds is 6. The molecule has 294 valence electrons. The number of fused-ring (bicyclic) bond motifs is 9. The highest BCUT2D eigenvalue weighted by molar-refractivity contribution is 6.16. The van der Waals surface area contributed by atoms with Crippen LogP contribution in [-0.4, -0.2) is 19.5 Å². The summed E-state index contributed by atoms with van der Waals surface area (Å²) >= 11 is 0. The Bertz CT molecular complexity index is 3870. The summed E-state index contributed by atoms with van der Waals surface area (Å²) < 4.78 is 15.4. The summed E-state index contributed by atoms with van der Waals surface area (Å²) in [6, 6.07) is 71.4. The minimum atomic E-state index is 0.567. The SMILES string of the molecule is c1ccc(-c2ccc3c(c2)oc2cccc(-c4ccc5oc6cccc(-c7nc(-c8ccccc8)nc(-c8cccc(-n9c%10ccccc%10c%10ccccc%109)c8)n7)c6c5c4)c23)cc1. The second-order valence-electron chi connectivity index (χ2n) is 15.9. The van der Waals surface area contributed by atoms with Crippen molar-refractivity contribution in [2.45, 2.75) is 0 Å². The first kappa shape index (κ1) is 35.2. The summed E-state index contributed by atoms with van der Waals surface area (Å²) in [6.45, 7) is 0. The number of benzene rings is 9. The first-order valence-electron chi connectivity index (χ1n) is 21.1. The Labute approximate surface area is 361 Å². The average molecular weight is 807 g/mol. The minimum Gasteiger partial charge on any atom is -0.456 e. The van der Waals surface area contributed by atoms with E-state index in [-0.39, 0.29) is 0 Å². The zero-order valence-corrected chi connectivity index (χ0v) is 33.7. The van der Waals surface area contributed by atoms with Gasteiger partial charge in [0.25, 0.3) is 0 Å². The summed E-state index contributed by atoms with van der Waals surface area (Å²) in [5, 5.41) is 6.50. The van der Waals surface area contributed by atoms with Crippen LogP contribution in [0.2, 0.25) is 0 Å². The van der Waals surface area contributed by atoms with Crippen LogP contribution in [0.3, 0.4) is 0 Å². The molecule has 0 aliphatic rings. The normalized spacial score (nSPS) is 11.8. The van der Waals surface area contributed by atoms with Crippen molar-refractivity contribution in [2.24, 2.45) is 0 Å². The summed E-state index contributed by atoms with van der Waals surface area (Å²) in [4.78, 5) is 15.6. The predicted molar refractivity (Wildman–Crippen MR) is 256 cm³/mol. The lowest BCUT2D eigenvalue weighted by molar-refractivity contribution is 0.669.